The molecule has 0 unspecified atom stereocenters. The molecule has 0 aromatic carbocycles. The molecule has 2 aromatic heterocycles. The number of fused-ring (bicyclic) bond motifs is 3. The molecule has 140 valence electrons. The lowest BCUT2D eigenvalue weighted by Gasteiger charge is -2.29. The summed E-state index contributed by atoms with van der Waals surface area (Å²) in [5.74, 6) is 1.69. The van der Waals surface area contributed by atoms with Crippen molar-refractivity contribution in [2.45, 2.75) is 43.9 Å². The van der Waals surface area contributed by atoms with Crippen LogP contribution in [0.5, 0.6) is 0 Å². The normalized spacial score (nSPS) is 18.3. The monoisotopic (exact) mass is 392 g/mol. The zero-order chi connectivity index (χ0) is 18.1. The van der Waals surface area contributed by atoms with Crippen LogP contribution in [0.15, 0.2) is 4.79 Å². The molecule has 1 aliphatic heterocycles. The van der Waals surface area contributed by atoms with Gasteiger partial charge in [-0.3, -0.25) is 9.59 Å². The quantitative estimate of drug-likeness (QED) is 0.813. The summed E-state index contributed by atoms with van der Waals surface area (Å²) in [7, 11) is 2.11. The molecule has 0 radical (unpaired) electrons. The lowest BCUT2D eigenvalue weighted by atomic mass is 10.1. The van der Waals surface area contributed by atoms with Crippen LogP contribution >= 0.6 is 23.1 Å². The number of hydrogen-bond acceptors (Lipinski definition) is 6. The fourth-order valence-corrected chi connectivity index (χ4v) is 5.76. The first-order chi connectivity index (χ1) is 12.6. The summed E-state index contributed by atoms with van der Waals surface area (Å²) < 4.78 is 0. The highest BCUT2D eigenvalue weighted by molar-refractivity contribution is 7.99. The van der Waals surface area contributed by atoms with Crippen LogP contribution in [-0.4, -0.2) is 52.7 Å². The van der Waals surface area contributed by atoms with Crippen molar-refractivity contribution in [1.29, 1.82) is 0 Å². The van der Waals surface area contributed by atoms with E-state index in [1.165, 1.54) is 22.2 Å². The maximum atomic E-state index is 12.4. The fraction of sp³-hybridized carbons (Fsp3) is 0.611. The van der Waals surface area contributed by atoms with Crippen LogP contribution in [0.4, 0.5) is 0 Å². The molecule has 2 N–H and O–H groups in total. The zero-order valence-corrected chi connectivity index (χ0v) is 16.6. The van der Waals surface area contributed by atoms with E-state index >= 15 is 0 Å². The van der Waals surface area contributed by atoms with Gasteiger partial charge in [-0.25, -0.2) is 4.98 Å². The van der Waals surface area contributed by atoms with Gasteiger partial charge >= 0.3 is 0 Å². The minimum absolute atomic E-state index is 0.0271. The molecular weight excluding hydrogens is 368 g/mol. The third-order valence-corrected chi connectivity index (χ3v) is 7.31. The van der Waals surface area contributed by atoms with Gasteiger partial charge in [-0.05, 0) is 57.8 Å². The van der Waals surface area contributed by atoms with Crippen molar-refractivity contribution in [3.05, 3.63) is 26.6 Å². The molecule has 0 spiro atoms. The average Bonchev–Trinajstić information content (AvgIpc) is 3.17. The highest BCUT2D eigenvalue weighted by atomic mass is 32.2. The Kier molecular flexibility index (Phi) is 5.33. The number of nitrogens with one attached hydrogen (secondary N) is 2. The molecule has 1 amide bonds. The SMILES string of the molecule is CN1CCC(NC(=O)CSCc2nc3sc4c(c3c(=O)[nH]2)CCC4)CC1. The summed E-state index contributed by atoms with van der Waals surface area (Å²) in [5, 5.41) is 3.90. The summed E-state index contributed by atoms with van der Waals surface area (Å²) >= 11 is 3.16. The smallest absolute Gasteiger partial charge is 0.259 e. The minimum Gasteiger partial charge on any atom is -0.353 e. The molecule has 1 saturated heterocycles. The van der Waals surface area contributed by atoms with Gasteiger partial charge in [0.2, 0.25) is 5.91 Å². The van der Waals surface area contributed by atoms with Crippen LogP contribution in [0.2, 0.25) is 0 Å². The Hall–Kier alpha value is -1.38. The molecule has 8 heteroatoms. The highest BCUT2D eigenvalue weighted by Gasteiger charge is 2.21. The molecular formula is C18H24N4O2S2. The minimum atomic E-state index is -0.0271. The van der Waals surface area contributed by atoms with Crippen LogP contribution in [0.3, 0.4) is 0 Å². The van der Waals surface area contributed by atoms with Crippen LogP contribution in [0.25, 0.3) is 10.2 Å². The van der Waals surface area contributed by atoms with Gasteiger partial charge in [0.15, 0.2) is 0 Å². The Morgan fingerprint density at radius 2 is 2.19 bits per heavy atom. The predicted molar refractivity (Wildman–Crippen MR) is 107 cm³/mol. The Morgan fingerprint density at radius 1 is 1.38 bits per heavy atom. The number of piperidine rings is 1. The van der Waals surface area contributed by atoms with Crippen molar-refractivity contribution in [1.82, 2.24) is 20.2 Å². The van der Waals surface area contributed by atoms with E-state index in [0.29, 0.717) is 23.4 Å². The molecule has 6 nitrogen and oxygen atoms in total. The fourth-order valence-electron chi connectivity index (χ4n) is 3.78. The first-order valence-corrected chi connectivity index (χ1v) is 11.2. The number of thiophene rings is 1. The Labute approximate surface area is 160 Å². The van der Waals surface area contributed by atoms with Crippen LogP contribution in [0, 0.1) is 0 Å². The number of amides is 1. The maximum Gasteiger partial charge on any atom is 0.259 e. The summed E-state index contributed by atoms with van der Waals surface area (Å²) in [6.45, 7) is 2.07. The standard InChI is InChI=1S/C18H24N4O2S2/c1-22-7-5-11(6-8-22)19-15(23)10-25-9-14-20-17(24)16-12-3-2-4-13(12)26-18(16)21-14/h11H,2-10H2,1H3,(H,19,23)(H,20,21,24). The third-order valence-electron chi connectivity index (χ3n) is 5.18. The van der Waals surface area contributed by atoms with E-state index in [-0.39, 0.29) is 11.5 Å². The highest BCUT2D eigenvalue weighted by Crippen LogP contribution is 2.34. The van der Waals surface area contributed by atoms with Gasteiger partial charge in [-0.1, -0.05) is 0 Å². The van der Waals surface area contributed by atoms with Crippen LogP contribution in [-0.2, 0) is 23.4 Å². The lowest BCUT2D eigenvalue weighted by molar-refractivity contribution is -0.119. The Bertz CT molecular complexity index is 868. The summed E-state index contributed by atoms with van der Waals surface area (Å²) in [5.41, 5.74) is 1.18. The zero-order valence-electron chi connectivity index (χ0n) is 15.0. The summed E-state index contributed by atoms with van der Waals surface area (Å²) in [6.07, 6.45) is 5.23. The van der Waals surface area contributed by atoms with E-state index in [4.69, 9.17) is 0 Å². The van der Waals surface area contributed by atoms with Gasteiger partial charge in [0.05, 0.1) is 16.9 Å². The molecule has 0 atom stereocenters. The van der Waals surface area contributed by atoms with Crippen LogP contribution in [0.1, 0.15) is 35.5 Å². The van der Waals surface area contributed by atoms with E-state index in [9.17, 15) is 9.59 Å². The number of aromatic amines is 1. The van der Waals surface area contributed by atoms with Crippen molar-refractivity contribution < 1.29 is 4.79 Å². The molecule has 0 saturated carbocycles. The van der Waals surface area contributed by atoms with Gasteiger partial charge in [-0.15, -0.1) is 23.1 Å². The van der Waals surface area contributed by atoms with E-state index in [1.807, 2.05) is 0 Å². The van der Waals surface area contributed by atoms with Crippen molar-refractivity contribution in [3.8, 4) is 0 Å². The molecule has 3 heterocycles. The molecule has 1 fully saturated rings. The number of thioether (sulfide) groups is 1. The van der Waals surface area contributed by atoms with Gasteiger partial charge < -0.3 is 15.2 Å². The first kappa shape index (κ1) is 18.0. The first-order valence-electron chi connectivity index (χ1n) is 9.19. The Balaban J connectivity index is 1.32. The largest absolute Gasteiger partial charge is 0.353 e. The van der Waals surface area contributed by atoms with E-state index in [2.05, 4.69) is 27.2 Å². The van der Waals surface area contributed by atoms with E-state index in [0.717, 1.165) is 55.4 Å². The number of H-pyrrole nitrogens is 1. The molecule has 0 bridgehead atoms. The number of nitrogens with zero attached hydrogens (tertiary/aromatic N) is 2. The van der Waals surface area contributed by atoms with E-state index < -0.39 is 0 Å². The van der Waals surface area contributed by atoms with Crippen molar-refractivity contribution >= 4 is 39.2 Å². The average molecular weight is 393 g/mol. The number of carbonyl (C=O) groups is 1. The molecule has 1 aliphatic carbocycles. The van der Waals surface area contributed by atoms with Crippen molar-refractivity contribution in [3.63, 3.8) is 0 Å². The second-order valence-electron chi connectivity index (χ2n) is 7.19. The number of aryl methyl sites for hydroxylation is 2. The van der Waals surface area contributed by atoms with E-state index in [1.54, 1.807) is 11.3 Å². The van der Waals surface area contributed by atoms with Crippen LogP contribution < -0.4 is 10.9 Å². The number of carbonyl (C=O) groups excluding carboxylic acids is 1. The van der Waals surface area contributed by atoms with Crippen molar-refractivity contribution in [2.24, 2.45) is 0 Å². The van der Waals surface area contributed by atoms with Crippen molar-refractivity contribution in [2.75, 3.05) is 25.9 Å². The molecule has 4 rings (SSSR count). The molecule has 2 aromatic rings. The topological polar surface area (TPSA) is 78.1 Å². The lowest BCUT2D eigenvalue weighted by Crippen LogP contribution is -2.43. The number of aromatic nitrogens is 2. The predicted octanol–water partition coefficient (Wildman–Crippen LogP) is 1.92. The van der Waals surface area contributed by atoms with Gasteiger partial charge in [0.25, 0.3) is 5.56 Å². The van der Waals surface area contributed by atoms with Gasteiger partial charge in [0, 0.05) is 10.9 Å². The summed E-state index contributed by atoms with van der Waals surface area (Å²) in [4.78, 5) is 36.5. The maximum absolute atomic E-state index is 12.4. The van der Waals surface area contributed by atoms with Gasteiger partial charge in [-0.2, -0.15) is 0 Å². The number of likely N-dealkylation sites (tertiary alicyclic amines) is 1. The van der Waals surface area contributed by atoms with Gasteiger partial charge in [0.1, 0.15) is 10.7 Å². The second kappa shape index (κ2) is 7.70. The summed E-state index contributed by atoms with van der Waals surface area (Å²) in [6, 6.07) is 0.294. The third kappa shape index (κ3) is 3.82. The number of rotatable bonds is 5. The number of hydrogen-bond donors (Lipinski definition) is 2. The molecule has 2 aliphatic rings. The Morgan fingerprint density at radius 3 is 3.00 bits per heavy atom. The second-order valence-corrected chi connectivity index (χ2v) is 9.26. The molecule has 26 heavy (non-hydrogen) atoms.